The minimum absolute atomic E-state index is 0.0488. The van der Waals surface area contributed by atoms with Crippen LogP contribution in [-0.4, -0.2) is 32.9 Å². The lowest BCUT2D eigenvalue weighted by Crippen LogP contribution is -2.35. The van der Waals surface area contributed by atoms with Crippen molar-refractivity contribution in [1.29, 1.82) is 0 Å². The van der Waals surface area contributed by atoms with Crippen molar-refractivity contribution >= 4 is 0 Å². The second-order valence-corrected chi connectivity index (χ2v) is 5.58. The van der Waals surface area contributed by atoms with Crippen molar-refractivity contribution in [2.45, 2.75) is 46.1 Å². The van der Waals surface area contributed by atoms with Crippen LogP contribution in [0.25, 0.3) is 0 Å². The minimum atomic E-state index is 0.0488. The first-order valence-corrected chi connectivity index (χ1v) is 7.55. The molecule has 1 atom stereocenters. The molecule has 1 unspecified atom stereocenters. The first-order valence-electron chi connectivity index (χ1n) is 7.55. The van der Waals surface area contributed by atoms with Crippen molar-refractivity contribution < 1.29 is 9.47 Å². The molecule has 0 amide bonds. The summed E-state index contributed by atoms with van der Waals surface area (Å²) >= 11 is 0. The van der Waals surface area contributed by atoms with Crippen molar-refractivity contribution in [1.82, 2.24) is 5.32 Å². The van der Waals surface area contributed by atoms with Crippen molar-refractivity contribution in [3.05, 3.63) is 29.3 Å². The number of methoxy groups -OCH3 is 1. The molecule has 20 heavy (non-hydrogen) atoms. The lowest BCUT2D eigenvalue weighted by Gasteiger charge is -2.21. The zero-order valence-corrected chi connectivity index (χ0v) is 13.5. The van der Waals surface area contributed by atoms with Gasteiger partial charge in [0, 0.05) is 13.7 Å². The van der Waals surface area contributed by atoms with Gasteiger partial charge in [0.2, 0.25) is 0 Å². The Balaban J connectivity index is 2.73. The second-order valence-electron chi connectivity index (χ2n) is 5.58. The van der Waals surface area contributed by atoms with Gasteiger partial charge in [-0.1, -0.05) is 32.9 Å². The normalized spacial score (nSPS) is 12.7. The molecule has 3 heteroatoms. The molecule has 0 spiro atoms. The van der Waals surface area contributed by atoms with E-state index in [1.165, 1.54) is 11.1 Å². The van der Waals surface area contributed by atoms with E-state index in [0.29, 0.717) is 12.5 Å². The number of benzene rings is 1. The van der Waals surface area contributed by atoms with E-state index in [9.17, 15) is 0 Å². The van der Waals surface area contributed by atoms with Crippen LogP contribution in [0.15, 0.2) is 18.2 Å². The van der Waals surface area contributed by atoms with Gasteiger partial charge in [-0.05, 0) is 43.0 Å². The van der Waals surface area contributed by atoms with E-state index in [1.807, 2.05) is 0 Å². The van der Waals surface area contributed by atoms with Gasteiger partial charge in [0.05, 0.1) is 6.61 Å². The third-order valence-electron chi connectivity index (χ3n) is 3.32. The topological polar surface area (TPSA) is 30.5 Å². The molecule has 0 saturated carbocycles. The first kappa shape index (κ1) is 17.0. The van der Waals surface area contributed by atoms with Gasteiger partial charge in [-0.3, -0.25) is 0 Å². The average molecular weight is 279 g/mol. The molecule has 0 radical (unpaired) electrons. The summed E-state index contributed by atoms with van der Waals surface area (Å²) < 4.78 is 11.4. The summed E-state index contributed by atoms with van der Waals surface area (Å²) in [6, 6.07) is 6.46. The quantitative estimate of drug-likeness (QED) is 0.702. The number of ether oxygens (including phenoxy) is 2. The maximum Gasteiger partial charge on any atom is 0.134 e. The molecular formula is C17H29NO2. The van der Waals surface area contributed by atoms with E-state index in [2.05, 4.69) is 51.2 Å². The number of aryl methyl sites for hydroxylation is 1. The van der Waals surface area contributed by atoms with Gasteiger partial charge in [-0.25, -0.2) is 0 Å². The van der Waals surface area contributed by atoms with E-state index in [1.54, 1.807) is 7.11 Å². The third-order valence-corrected chi connectivity index (χ3v) is 3.32. The summed E-state index contributed by atoms with van der Waals surface area (Å²) in [7, 11) is 1.72. The van der Waals surface area contributed by atoms with Gasteiger partial charge < -0.3 is 14.8 Å². The van der Waals surface area contributed by atoms with Crippen LogP contribution in [0, 0.1) is 6.92 Å². The molecule has 0 aliphatic carbocycles. The van der Waals surface area contributed by atoms with Crippen LogP contribution in [0.2, 0.25) is 0 Å². The number of rotatable bonds is 9. The van der Waals surface area contributed by atoms with Crippen molar-refractivity contribution in [2.24, 2.45) is 0 Å². The molecule has 3 nitrogen and oxygen atoms in total. The van der Waals surface area contributed by atoms with Crippen molar-refractivity contribution in [3.63, 3.8) is 0 Å². The van der Waals surface area contributed by atoms with Crippen LogP contribution >= 0.6 is 0 Å². The average Bonchev–Trinajstić information content (AvgIpc) is 2.41. The SMILES string of the molecule is CCCNCC(COC)Oc1cc(C(C)C)ccc1C. The van der Waals surface area contributed by atoms with Gasteiger partial charge in [0.1, 0.15) is 11.9 Å². The predicted octanol–water partition coefficient (Wildman–Crippen LogP) is 3.51. The fraction of sp³-hybridized carbons (Fsp3) is 0.647. The number of hydrogen-bond acceptors (Lipinski definition) is 3. The molecule has 0 aliphatic heterocycles. The van der Waals surface area contributed by atoms with Crippen LogP contribution < -0.4 is 10.1 Å². The van der Waals surface area contributed by atoms with Crippen molar-refractivity contribution in [3.8, 4) is 5.75 Å². The summed E-state index contributed by atoms with van der Waals surface area (Å²) in [5.74, 6) is 1.48. The van der Waals surface area contributed by atoms with Gasteiger partial charge in [0.25, 0.3) is 0 Å². The van der Waals surface area contributed by atoms with Crippen LogP contribution in [-0.2, 0) is 4.74 Å². The third kappa shape index (κ3) is 5.51. The van der Waals surface area contributed by atoms with E-state index in [-0.39, 0.29) is 6.10 Å². The Bertz CT molecular complexity index is 391. The molecule has 0 aromatic heterocycles. The van der Waals surface area contributed by atoms with E-state index < -0.39 is 0 Å². The Morgan fingerprint density at radius 2 is 2.00 bits per heavy atom. The zero-order chi connectivity index (χ0) is 15.0. The van der Waals surface area contributed by atoms with Crippen LogP contribution in [0.5, 0.6) is 5.75 Å². The molecule has 0 saturated heterocycles. The molecule has 0 bridgehead atoms. The largest absolute Gasteiger partial charge is 0.486 e. The second kappa shape index (κ2) is 8.98. The van der Waals surface area contributed by atoms with E-state index in [4.69, 9.17) is 9.47 Å². The summed E-state index contributed by atoms with van der Waals surface area (Å²) in [6.07, 6.45) is 1.18. The number of nitrogens with one attached hydrogen (secondary N) is 1. The molecule has 1 aromatic rings. The van der Waals surface area contributed by atoms with E-state index in [0.717, 1.165) is 25.3 Å². The lowest BCUT2D eigenvalue weighted by atomic mass is 10.0. The highest BCUT2D eigenvalue weighted by Crippen LogP contribution is 2.25. The van der Waals surface area contributed by atoms with Crippen LogP contribution in [0.4, 0.5) is 0 Å². The Labute approximate surface area is 123 Å². The Hall–Kier alpha value is -1.06. The zero-order valence-electron chi connectivity index (χ0n) is 13.5. The smallest absolute Gasteiger partial charge is 0.134 e. The highest BCUT2D eigenvalue weighted by Gasteiger charge is 2.12. The van der Waals surface area contributed by atoms with Crippen LogP contribution in [0.3, 0.4) is 0 Å². The summed E-state index contributed by atoms with van der Waals surface area (Å²) in [5.41, 5.74) is 2.48. The maximum absolute atomic E-state index is 6.14. The van der Waals surface area contributed by atoms with Gasteiger partial charge in [-0.15, -0.1) is 0 Å². The van der Waals surface area contributed by atoms with Gasteiger partial charge in [0.15, 0.2) is 0 Å². The summed E-state index contributed by atoms with van der Waals surface area (Å²) in [5, 5.41) is 3.39. The molecular weight excluding hydrogens is 250 g/mol. The molecule has 1 N–H and O–H groups in total. The Morgan fingerprint density at radius 1 is 1.25 bits per heavy atom. The van der Waals surface area contributed by atoms with Gasteiger partial charge >= 0.3 is 0 Å². The molecule has 114 valence electrons. The lowest BCUT2D eigenvalue weighted by molar-refractivity contribution is 0.0802. The minimum Gasteiger partial charge on any atom is -0.486 e. The Morgan fingerprint density at radius 3 is 2.60 bits per heavy atom. The monoisotopic (exact) mass is 279 g/mol. The molecule has 1 rings (SSSR count). The summed E-state index contributed by atoms with van der Waals surface area (Å²) in [4.78, 5) is 0. The molecule has 1 aromatic carbocycles. The highest BCUT2D eigenvalue weighted by atomic mass is 16.5. The Kier molecular flexibility index (Phi) is 7.63. The van der Waals surface area contributed by atoms with Gasteiger partial charge in [-0.2, -0.15) is 0 Å². The predicted molar refractivity (Wildman–Crippen MR) is 84.7 cm³/mol. The molecule has 0 aliphatic rings. The van der Waals surface area contributed by atoms with Crippen molar-refractivity contribution in [2.75, 3.05) is 26.8 Å². The molecule has 0 fully saturated rings. The fourth-order valence-corrected chi connectivity index (χ4v) is 2.04. The fourth-order valence-electron chi connectivity index (χ4n) is 2.04. The number of hydrogen-bond donors (Lipinski definition) is 1. The summed E-state index contributed by atoms with van der Waals surface area (Å²) in [6.45, 7) is 11.1. The standard InChI is InChI=1S/C17H29NO2/c1-6-9-18-11-16(12-19-5)20-17-10-15(13(2)3)8-7-14(17)4/h7-8,10,13,16,18H,6,9,11-12H2,1-5H3. The first-order chi connectivity index (χ1) is 9.58. The highest BCUT2D eigenvalue weighted by molar-refractivity contribution is 5.38. The maximum atomic E-state index is 6.14. The molecule has 0 heterocycles. The van der Waals surface area contributed by atoms with Crippen LogP contribution in [0.1, 0.15) is 44.2 Å². The van der Waals surface area contributed by atoms with E-state index >= 15 is 0 Å².